The Bertz CT molecular complexity index is 553. The predicted molar refractivity (Wildman–Crippen MR) is 90.0 cm³/mol. The van der Waals surface area contributed by atoms with E-state index in [1.807, 2.05) is 19.6 Å². The second-order valence-corrected chi connectivity index (χ2v) is 5.32. The molecular formula is C15H25N7. The van der Waals surface area contributed by atoms with Crippen molar-refractivity contribution >= 4 is 17.3 Å². The summed E-state index contributed by atoms with van der Waals surface area (Å²) in [6.45, 7) is 4.83. The average Bonchev–Trinajstić information content (AvgIpc) is 3.04. The van der Waals surface area contributed by atoms with E-state index in [-0.39, 0.29) is 0 Å². The number of nitrogens with zero attached hydrogens (tertiary/aromatic N) is 5. The third kappa shape index (κ3) is 4.34. The van der Waals surface area contributed by atoms with Gasteiger partial charge in [-0.15, -0.1) is 0 Å². The zero-order chi connectivity index (χ0) is 15.8. The van der Waals surface area contributed by atoms with Crippen molar-refractivity contribution in [3.63, 3.8) is 0 Å². The van der Waals surface area contributed by atoms with E-state index < -0.39 is 0 Å². The van der Waals surface area contributed by atoms with E-state index in [9.17, 15) is 0 Å². The van der Waals surface area contributed by atoms with Crippen LogP contribution >= 0.6 is 0 Å². The van der Waals surface area contributed by atoms with E-state index in [0.29, 0.717) is 11.5 Å². The Morgan fingerprint density at radius 2 is 2.18 bits per heavy atom. The highest BCUT2D eigenvalue weighted by Gasteiger charge is 2.11. The van der Waals surface area contributed by atoms with Gasteiger partial charge in [0.1, 0.15) is 12.0 Å². The fraction of sp³-hybridized carbons (Fsp3) is 0.533. The highest BCUT2D eigenvalue weighted by molar-refractivity contribution is 5.74. The molecule has 0 aromatic carbocycles. The summed E-state index contributed by atoms with van der Waals surface area (Å²) < 4.78 is 2.05. The lowest BCUT2D eigenvalue weighted by Gasteiger charge is -2.20. The van der Waals surface area contributed by atoms with Crippen LogP contribution in [-0.4, -0.2) is 39.7 Å². The first-order valence-electron chi connectivity index (χ1n) is 7.73. The van der Waals surface area contributed by atoms with E-state index in [2.05, 4.69) is 36.7 Å². The number of unbranched alkanes of at least 4 members (excludes halogenated alkanes) is 1. The molecule has 0 saturated heterocycles. The standard InChI is InChI=1S/C15H25N7/c1-3-4-8-21(2)15-13(16)14(19-11-20-15)18-6-5-9-22-10-7-17-12-22/h7,10-12H,3-6,8-9,16H2,1-2H3,(H,18,19,20). The third-order valence-electron chi connectivity index (χ3n) is 3.52. The van der Waals surface area contributed by atoms with Crippen LogP contribution in [0.15, 0.2) is 25.0 Å². The molecule has 22 heavy (non-hydrogen) atoms. The monoisotopic (exact) mass is 303 g/mol. The van der Waals surface area contributed by atoms with Gasteiger partial charge < -0.3 is 20.5 Å². The van der Waals surface area contributed by atoms with E-state index in [0.717, 1.165) is 44.7 Å². The summed E-state index contributed by atoms with van der Waals surface area (Å²) in [7, 11) is 2.01. The number of imidazole rings is 1. The fourth-order valence-electron chi connectivity index (χ4n) is 2.22. The summed E-state index contributed by atoms with van der Waals surface area (Å²) in [6, 6.07) is 0. The molecule has 2 heterocycles. The zero-order valence-electron chi connectivity index (χ0n) is 13.4. The molecule has 0 amide bonds. The van der Waals surface area contributed by atoms with Crippen molar-refractivity contribution in [1.29, 1.82) is 0 Å². The van der Waals surface area contributed by atoms with Crippen molar-refractivity contribution in [1.82, 2.24) is 19.5 Å². The Kier molecular flexibility index (Phi) is 6.00. The number of nitrogens with two attached hydrogens (primary N) is 1. The first kappa shape index (κ1) is 16.1. The second-order valence-electron chi connectivity index (χ2n) is 5.32. The Morgan fingerprint density at radius 3 is 2.91 bits per heavy atom. The summed E-state index contributed by atoms with van der Waals surface area (Å²) in [4.78, 5) is 14.6. The first-order chi connectivity index (χ1) is 10.7. The minimum Gasteiger partial charge on any atom is -0.393 e. The van der Waals surface area contributed by atoms with Crippen LogP contribution in [0.3, 0.4) is 0 Å². The quantitative estimate of drug-likeness (QED) is 0.689. The van der Waals surface area contributed by atoms with Crippen molar-refractivity contribution in [3.05, 3.63) is 25.0 Å². The molecule has 0 atom stereocenters. The van der Waals surface area contributed by atoms with Gasteiger partial charge in [-0.3, -0.25) is 0 Å². The third-order valence-corrected chi connectivity index (χ3v) is 3.52. The molecule has 2 rings (SSSR count). The summed E-state index contributed by atoms with van der Waals surface area (Å²) in [6.07, 6.45) is 10.4. The number of anilines is 3. The van der Waals surface area contributed by atoms with Gasteiger partial charge in [0.2, 0.25) is 0 Å². The van der Waals surface area contributed by atoms with Crippen molar-refractivity contribution < 1.29 is 0 Å². The van der Waals surface area contributed by atoms with Gasteiger partial charge in [-0.2, -0.15) is 0 Å². The molecule has 3 N–H and O–H groups in total. The van der Waals surface area contributed by atoms with Gasteiger partial charge in [-0.25, -0.2) is 15.0 Å². The molecule has 0 saturated carbocycles. The van der Waals surface area contributed by atoms with Gasteiger partial charge in [-0.05, 0) is 12.8 Å². The number of aromatic nitrogens is 4. The number of nitrogens with one attached hydrogen (secondary N) is 1. The van der Waals surface area contributed by atoms with E-state index in [1.54, 1.807) is 12.5 Å². The Hall–Kier alpha value is -2.31. The molecule has 0 radical (unpaired) electrons. The van der Waals surface area contributed by atoms with Crippen molar-refractivity contribution in [2.75, 3.05) is 36.1 Å². The molecule has 0 aliphatic rings. The summed E-state index contributed by atoms with van der Waals surface area (Å²) in [5.74, 6) is 1.50. The average molecular weight is 303 g/mol. The lowest BCUT2D eigenvalue weighted by molar-refractivity contribution is 0.660. The molecule has 0 aliphatic carbocycles. The zero-order valence-corrected chi connectivity index (χ0v) is 13.4. The maximum atomic E-state index is 6.19. The van der Waals surface area contributed by atoms with Crippen LogP contribution in [0.5, 0.6) is 0 Å². The summed E-state index contributed by atoms with van der Waals surface area (Å²) in [5.41, 5.74) is 6.80. The van der Waals surface area contributed by atoms with Crippen LogP contribution < -0.4 is 16.0 Å². The highest BCUT2D eigenvalue weighted by Crippen LogP contribution is 2.25. The van der Waals surface area contributed by atoms with E-state index >= 15 is 0 Å². The van der Waals surface area contributed by atoms with Crippen LogP contribution in [0.25, 0.3) is 0 Å². The number of nitrogen functional groups attached to an aromatic ring is 1. The lowest BCUT2D eigenvalue weighted by Crippen LogP contribution is -2.22. The molecule has 120 valence electrons. The van der Waals surface area contributed by atoms with E-state index in [4.69, 9.17) is 5.73 Å². The molecule has 0 unspecified atom stereocenters. The van der Waals surface area contributed by atoms with Crippen LogP contribution in [0, 0.1) is 0 Å². The Morgan fingerprint density at radius 1 is 1.32 bits per heavy atom. The second kappa shape index (κ2) is 8.21. The molecule has 7 nitrogen and oxygen atoms in total. The van der Waals surface area contributed by atoms with Gasteiger partial charge in [0.25, 0.3) is 0 Å². The maximum Gasteiger partial charge on any atom is 0.157 e. The van der Waals surface area contributed by atoms with Gasteiger partial charge >= 0.3 is 0 Å². The van der Waals surface area contributed by atoms with Crippen LogP contribution in [0.1, 0.15) is 26.2 Å². The predicted octanol–water partition coefficient (Wildman–Crippen LogP) is 1.99. The minimum atomic E-state index is 0.615. The van der Waals surface area contributed by atoms with Gasteiger partial charge in [0.15, 0.2) is 11.6 Å². The number of aryl methyl sites for hydroxylation is 1. The Balaban J connectivity index is 1.88. The molecular weight excluding hydrogens is 278 g/mol. The largest absolute Gasteiger partial charge is 0.393 e. The molecule has 7 heteroatoms. The smallest absolute Gasteiger partial charge is 0.157 e. The molecule has 0 aliphatic heterocycles. The lowest BCUT2D eigenvalue weighted by atomic mass is 10.3. The summed E-state index contributed by atoms with van der Waals surface area (Å²) >= 11 is 0. The minimum absolute atomic E-state index is 0.615. The normalized spacial score (nSPS) is 10.6. The first-order valence-corrected chi connectivity index (χ1v) is 7.73. The number of rotatable bonds is 9. The van der Waals surface area contributed by atoms with Gasteiger partial charge in [-0.1, -0.05) is 13.3 Å². The number of hydrogen-bond donors (Lipinski definition) is 2. The fourth-order valence-corrected chi connectivity index (χ4v) is 2.22. The Labute approximate surface area is 131 Å². The molecule has 0 bridgehead atoms. The molecule has 2 aromatic heterocycles. The molecule has 0 fully saturated rings. The van der Waals surface area contributed by atoms with Crippen LogP contribution in [0.4, 0.5) is 17.3 Å². The van der Waals surface area contributed by atoms with Crippen LogP contribution in [-0.2, 0) is 6.54 Å². The maximum absolute atomic E-state index is 6.19. The van der Waals surface area contributed by atoms with E-state index in [1.165, 1.54) is 0 Å². The van der Waals surface area contributed by atoms with Crippen molar-refractivity contribution in [3.8, 4) is 0 Å². The van der Waals surface area contributed by atoms with Crippen molar-refractivity contribution in [2.24, 2.45) is 0 Å². The van der Waals surface area contributed by atoms with Gasteiger partial charge in [0.05, 0.1) is 6.33 Å². The van der Waals surface area contributed by atoms with Crippen LogP contribution in [0.2, 0.25) is 0 Å². The van der Waals surface area contributed by atoms with Gasteiger partial charge in [0, 0.05) is 39.1 Å². The van der Waals surface area contributed by atoms with Crippen molar-refractivity contribution in [2.45, 2.75) is 32.7 Å². The highest BCUT2D eigenvalue weighted by atomic mass is 15.2. The molecule has 2 aromatic rings. The number of hydrogen-bond acceptors (Lipinski definition) is 6. The topological polar surface area (TPSA) is 84.9 Å². The summed E-state index contributed by atoms with van der Waals surface area (Å²) in [5, 5.41) is 3.29. The molecule has 0 spiro atoms. The SMILES string of the molecule is CCCCN(C)c1ncnc(NCCCn2ccnc2)c1N.